The van der Waals surface area contributed by atoms with Gasteiger partial charge in [0, 0.05) is 5.69 Å². The minimum absolute atomic E-state index is 0.175. The lowest BCUT2D eigenvalue weighted by atomic mass is 10.2. The molecule has 3 aromatic rings. The minimum Gasteiger partial charge on any atom is -0.497 e. The Bertz CT molecular complexity index is 1090. The van der Waals surface area contributed by atoms with Crippen LogP contribution < -0.4 is 29.6 Å². The second-order valence-corrected chi connectivity index (χ2v) is 7.13. The number of ether oxygens (including phenoxy) is 4. The molecule has 0 atom stereocenters. The van der Waals surface area contributed by atoms with E-state index in [-0.39, 0.29) is 30.1 Å². The van der Waals surface area contributed by atoms with Crippen LogP contribution in [-0.4, -0.2) is 39.2 Å². The van der Waals surface area contributed by atoms with Crippen LogP contribution in [0.15, 0.2) is 66.7 Å². The summed E-state index contributed by atoms with van der Waals surface area (Å²) >= 11 is 6.25. The standard InChI is InChI=1S/C24H23ClN2O6/c1-30-17-4-8-19(9-5-17)32-14-23(28)26-16-3-12-22(21(25)13-16)27-24(29)15-33-20-10-6-18(31-2)7-11-20/h3-13H,14-15H2,1-2H3,(H,26,28)(H,27,29). The summed E-state index contributed by atoms with van der Waals surface area (Å²) < 4.78 is 21.0. The Kier molecular flexibility index (Phi) is 8.37. The van der Waals surface area contributed by atoms with E-state index in [4.69, 9.17) is 30.5 Å². The lowest BCUT2D eigenvalue weighted by Gasteiger charge is -2.11. The molecule has 0 saturated carbocycles. The summed E-state index contributed by atoms with van der Waals surface area (Å²) in [6, 6.07) is 18.5. The van der Waals surface area contributed by atoms with Crippen LogP contribution in [-0.2, 0) is 9.59 Å². The second-order valence-electron chi connectivity index (χ2n) is 6.72. The van der Waals surface area contributed by atoms with E-state index in [0.717, 1.165) is 0 Å². The molecule has 0 heterocycles. The van der Waals surface area contributed by atoms with Gasteiger partial charge in [0.15, 0.2) is 13.2 Å². The molecule has 33 heavy (non-hydrogen) atoms. The van der Waals surface area contributed by atoms with Gasteiger partial charge < -0.3 is 29.6 Å². The third kappa shape index (κ3) is 7.33. The average Bonchev–Trinajstić information content (AvgIpc) is 2.84. The van der Waals surface area contributed by atoms with Crippen LogP contribution >= 0.6 is 11.6 Å². The summed E-state index contributed by atoms with van der Waals surface area (Å²) in [5.74, 6) is 1.73. The quantitative estimate of drug-likeness (QED) is 0.456. The molecule has 0 radical (unpaired) electrons. The Balaban J connectivity index is 1.46. The van der Waals surface area contributed by atoms with Crippen LogP contribution in [0.4, 0.5) is 11.4 Å². The van der Waals surface area contributed by atoms with Crippen molar-refractivity contribution in [3.05, 3.63) is 71.8 Å². The molecule has 9 heteroatoms. The molecule has 0 aliphatic heterocycles. The van der Waals surface area contributed by atoms with Crippen LogP contribution in [0.25, 0.3) is 0 Å². The lowest BCUT2D eigenvalue weighted by molar-refractivity contribution is -0.118. The fraction of sp³-hybridized carbons (Fsp3) is 0.167. The summed E-state index contributed by atoms with van der Waals surface area (Å²) in [4.78, 5) is 24.3. The number of carbonyl (C=O) groups excluding carboxylic acids is 2. The summed E-state index contributed by atoms with van der Waals surface area (Å²) in [7, 11) is 3.14. The van der Waals surface area contributed by atoms with E-state index in [0.29, 0.717) is 34.4 Å². The summed E-state index contributed by atoms with van der Waals surface area (Å²) in [5, 5.41) is 5.63. The molecular formula is C24H23ClN2O6. The van der Waals surface area contributed by atoms with Crippen molar-refractivity contribution in [3.63, 3.8) is 0 Å². The number of rotatable bonds is 10. The highest BCUT2D eigenvalue weighted by Crippen LogP contribution is 2.26. The van der Waals surface area contributed by atoms with Crippen LogP contribution in [0, 0.1) is 0 Å². The number of anilines is 2. The predicted octanol–water partition coefficient (Wildman–Crippen LogP) is 4.39. The molecule has 0 aliphatic carbocycles. The van der Waals surface area contributed by atoms with Gasteiger partial charge in [-0.2, -0.15) is 0 Å². The van der Waals surface area contributed by atoms with Crippen LogP contribution in [0.1, 0.15) is 0 Å². The number of hydrogen-bond acceptors (Lipinski definition) is 6. The van der Waals surface area contributed by atoms with Gasteiger partial charge in [-0.05, 0) is 66.7 Å². The predicted molar refractivity (Wildman–Crippen MR) is 126 cm³/mol. The van der Waals surface area contributed by atoms with Gasteiger partial charge in [-0.1, -0.05) is 11.6 Å². The van der Waals surface area contributed by atoms with E-state index in [1.807, 2.05) is 0 Å². The van der Waals surface area contributed by atoms with Crippen molar-refractivity contribution in [3.8, 4) is 23.0 Å². The third-order valence-corrected chi connectivity index (χ3v) is 4.70. The first-order valence-electron chi connectivity index (χ1n) is 9.90. The third-order valence-electron chi connectivity index (χ3n) is 4.39. The molecule has 3 rings (SSSR count). The van der Waals surface area contributed by atoms with Crippen molar-refractivity contribution in [2.24, 2.45) is 0 Å². The number of benzene rings is 3. The van der Waals surface area contributed by atoms with Crippen molar-refractivity contribution < 1.29 is 28.5 Å². The number of methoxy groups -OCH3 is 2. The molecular weight excluding hydrogens is 448 g/mol. The van der Waals surface area contributed by atoms with E-state index in [9.17, 15) is 9.59 Å². The molecule has 172 valence electrons. The fourth-order valence-corrected chi connectivity index (χ4v) is 2.95. The highest BCUT2D eigenvalue weighted by Gasteiger charge is 2.10. The summed E-state index contributed by atoms with van der Waals surface area (Å²) in [6.45, 7) is -0.366. The molecule has 2 N–H and O–H groups in total. The molecule has 0 fully saturated rings. The first-order chi connectivity index (χ1) is 16.0. The zero-order chi connectivity index (χ0) is 23.6. The normalized spacial score (nSPS) is 10.2. The highest BCUT2D eigenvalue weighted by atomic mass is 35.5. The Hall–Kier alpha value is -3.91. The summed E-state index contributed by atoms with van der Waals surface area (Å²) in [6.07, 6.45) is 0. The fourth-order valence-electron chi connectivity index (χ4n) is 2.72. The Morgan fingerprint density at radius 2 is 1.15 bits per heavy atom. The topological polar surface area (TPSA) is 95.1 Å². The Labute approximate surface area is 196 Å². The van der Waals surface area contributed by atoms with Gasteiger partial charge in [0.25, 0.3) is 11.8 Å². The number of nitrogens with one attached hydrogen (secondary N) is 2. The van der Waals surface area contributed by atoms with Crippen LogP contribution in [0.3, 0.4) is 0 Å². The zero-order valence-electron chi connectivity index (χ0n) is 18.1. The molecule has 0 aromatic heterocycles. The van der Waals surface area contributed by atoms with E-state index in [1.54, 1.807) is 74.9 Å². The van der Waals surface area contributed by atoms with Crippen molar-refractivity contribution >= 4 is 34.8 Å². The van der Waals surface area contributed by atoms with Gasteiger partial charge in [0.05, 0.1) is 24.9 Å². The second kappa shape index (κ2) is 11.6. The molecule has 0 bridgehead atoms. The molecule has 0 aliphatic rings. The van der Waals surface area contributed by atoms with Gasteiger partial charge in [-0.15, -0.1) is 0 Å². The number of halogens is 1. The number of hydrogen-bond donors (Lipinski definition) is 2. The summed E-state index contributed by atoms with van der Waals surface area (Å²) in [5.41, 5.74) is 0.864. The molecule has 0 spiro atoms. The van der Waals surface area contributed by atoms with Crippen LogP contribution in [0.2, 0.25) is 5.02 Å². The maximum absolute atomic E-state index is 12.2. The van der Waals surface area contributed by atoms with E-state index in [1.165, 1.54) is 6.07 Å². The Morgan fingerprint density at radius 3 is 1.61 bits per heavy atom. The number of carbonyl (C=O) groups is 2. The lowest BCUT2D eigenvalue weighted by Crippen LogP contribution is -2.21. The van der Waals surface area contributed by atoms with E-state index in [2.05, 4.69) is 10.6 Å². The molecule has 8 nitrogen and oxygen atoms in total. The smallest absolute Gasteiger partial charge is 0.262 e. The molecule has 3 aromatic carbocycles. The SMILES string of the molecule is COc1ccc(OCC(=O)Nc2ccc(NC(=O)COc3ccc(OC)cc3)c(Cl)c2)cc1. The number of amides is 2. The van der Waals surface area contributed by atoms with Crippen molar-refractivity contribution in [2.75, 3.05) is 38.1 Å². The van der Waals surface area contributed by atoms with Gasteiger partial charge in [0.2, 0.25) is 0 Å². The molecule has 0 saturated heterocycles. The largest absolute Gasteiger partial charge is 0.497 e. The first-order valence-corrected chi connectivity index (χ1v) is 10.3. The highest BCUT2D eigenvalue weighted by molar-refractivity contribution is 6.34. The van der Waals surface area contributed by atoms with E-state index >= 15 is 0 Å². The van der Waals surface area contributed by atoms with Crippen molar-refractivity contribution in [1.82, 2.24) is 0 Å². The average molecular weight is 471 g/mol. The molecule has 2 amide bonds. The molecule has 0 unspecified atom stereocenters. The van der Waals surface area contributed by atoms with Gasteiger partial charge in [-0.3, -0.25) is 9.59 Å². The van der Waals surface area contributed by atoms with Gasteiger partial charge >= 0.3 is 0 Å². The minimum atomic E-state index is -0.377. The maximum Gasteiger partial charge on any atom is 0.262 e. The van der Waals surface area contributed by atoms with Gasteiger partial charge in [0.1, 0.15) is 23.0 Å². The Morgan fingerprint density at radius 1 is 0.697 bits per heavy atom. The monoisotopic (exact) mass is 470 g/mol. The van der Waals surface area contributed by atoms with Gasteiger partial charge in [-0.25, -0.2) is 0 Å². The van der Waals surface area contributed by atoms with Crippen molar-refractivity contribution in [1.29, 1.82) is 0 Å². The first kappa shape index (κ1) is 23.7. The zero-order valence-corrected chi connectivity index (χ0v) is 18.8. The maximum atomic E-state index is 12.2. The van der Waals surface area contributed by atoms with E-state index < -0.39 is 0 Å². The van der Waals surface area contributed by atoms with Crippen LogP contribution in [0.5, 0.6) is 23.0 Å². The van der Waals surface area contributed by atoms with Crippen molar-refractivity contribution in [2.45, 2.75) is 0 Å².